The van der Waals surface area contributed by atoms with Gasteiger partial charge >= 0.3 is 6.18 Å². The first kappa shape index (κ1) is 18.4. The number of alkyl halides is 3. The van der Waals surface area contributed by atoms with E-state index in [4.69, 9.17) is 9.47 Å². The Morgan fingerprint density at radius 1 is 1.04 bits per heavy atom. The number of para-hydroxylation sites is 1. The molecule has 0 atom stereocenters. The van der Waals surface area contributed by atoms with Gasteiger partial charge in [0.15, 0.2) is 0 Å². The highest BCUT2D eigenvalue weighted by atomic mass is 19.4. The first-order valence-corrected chi connectivity index (χ1v) is 7.27. The first-order chi connectivity index (χ1) is 11.8. The lowest BCUT2D eigenvalue weighted by Gasteiger charge is -2.15. The average molecular weight is 354 g/mol. The van der Waals surface area contributed by atoms with Gasteiger partial charge in [-0.05, 0) is 24.3 Å². The van der Waals surface area contributed by atoms with Crippen molar-refractivity contribution in [2.45, 2.75) is 6.18 Å². The molecule has 2 aromatic rings. The van der Waals surface area contributed by atoms with Crippen LogP contribution in [0.3, 0.4) is 0 Å². The van der Waals surface area contributed by atoms with Crippen LogP contribution in [-0.2, 0) is 11.0 Å². The maximum absolute atomic E-state index is 12.9. The molecule has 0 heterocycles. The molecular formula is C17H17F3N2O3. The molecule has 8 heteroatoms. The molecule has 2 rings (SSSR count). The molecule has 0 aliphatic carbocycles. The molecule has 0 saturated heterocycles. The second kappa shape index (κ2) is 7.78. The predicted molar refractivity (Wildman–Crippen MR) is 88.1 cm³/mol. The predicted octanol–water partition coefficient (Wildman–Crippen LogP) is 3.77. The van der Waals surface area contributed by atoms with E-state index in [1.54, 1.807) is 18.2 Å². The van der Waals surface area contributed by atoms with Crippen LogP contribution in [0.15, 0.2) is 42.5 Å². The average Bonchev–Trinajstić information content (AvgIpc) is 2.59. The molecule has 25 heavy (non-hydrogen) atoms. The molecule has 0 aromatic heterocycles. The fourth-order valence-corrected chi connectivity index (χ4v) is 2.17. The molecule has 5 nitrogen and oxygen atoms in total. The van der Waals surface area contributed by atoms with Gasteiger partial charge < -0.3 is 20.1 Å². The quantitative estimate of drug-likeness (QED) is 0.829. The van der Waals surface area contributed by atoms with Crippen LogP contribution < -0.4 is 20.1 Å². The Bertz CT molecular complexity index is 748. The van der Waals surface area contributed by atoms with Gasteiger partial charge in [0.2, 0.25) is 5.91 Å². The molecule has 1 amide bonds. The number of carbonyl (C=O) groups excluding carboxylic acids is 1. The summed E-state index contributed by atoms with van der Waals surface area (Å²) in [4.78, 5) is 12.1. The van der Waals surface area contributed by atoms with E-state index in [9.17, 15) is 18.0 Å². The van der Waals surface area contributed by atoms with Crippen molar-refractivity contribution < 1.29 is 27.4 Å². The Hall–Kier alpha value is -2.90. The van der Waals surface area contributed by atoms with E-state index < -0.39 is 17.6 Å². The van der Waals surface area contributed by atoms with Gasteiger partial charge in [0.1, 0.15) is 11.5 Å². The van der Waals surface area contributed by atoms with Crippen LogP contribution in [0, 0.1) is 0 Å². The first-order valence-electron chi connectivity index (χ1n) is 7.27. The third-order valence-electron chi connectivity index (χ3n) is 3.35. The van der Waals surface area contributed by atoms with Crippen molar-refractivity contribution in [3.8, 4) is 11.5 Å². The van der Waals surface area contributed by atoms with Crippen LogP contribution in [0.2, 0.25) is 0 Å². The SMILES string of the molecule is COc1ccc(OC)c(NC(=O)CNc2ccccc2C(F)(F)F)c1. The summed E-state index contributed by atoms with van der Waals surface area (Å²) in [6, 6.07) is 9.79. The number of hydrogen-bond acceptors (Lipinski definition) is 4. The van der Waals surface area contributed by atoms with Crippen LogP contribution in [0.1, 0.15) is 5.56 Å². The molecule has 0 aliphatic heterocycles. The number of benzene rings is 2. The van der Waals surface area contributed by atoms with Crippen molar-refractivity contribution in [1.82, 2.24) is 0 Å². The number of carbonyl (C=O) groups is 1. The van der Waals surface area contributed by atoms with E-state index in [1.807, 2.05) is 0 Å². The van der Waals surface area contributed by atoms with Gasteiger partial charge in [-0.15, -0.1) is 0 Å². The number of rotatable bonds is 6. The van der Waals surface area contributed by atoms with Crippen molar-refractivity contribution in [2.24, 2.45) is 0 Å². The summed E-state index contributed by atoms with van der Waals surface area (Å²) in [5, 5.41) is 5.08. The minimum atomic E-state index is -4.50. The largest absolute Gasteiger partial charge is 0.497 e. The Balaban J connectivity index is 2.08. The topological polar surface area (TPSA) is 59.6 Å². The number of ether oxygens (including phenoxy) is 2. The van der Waals surface area contributed by atoms with Crippen molar-refractivity contribution in [3.05, 3.63) is 48.0 Å². The highest BCUT2D eigenvalue weighted by Gasteiger charge is 2.33. The lowest BCUT2D eigenvalue weighted by molar-refractivity contribution is -0.137. The van der Waals surface area contributed by atoms with Gasteiger partial charge in [0, 0.05) is 11.8 Å². The lowest BCUT2D eigenvalue weighted by Crippen LogP contribution is -2.23. The molecule has 0 saturated carbocycles. The van der Waals surface area contributed by atoms with Gasteiger partial charge in [-0.3, -0.25) is 4.79 Å². The fourth-order valence-electron chi connectivity index (χ4n) is 2.17. The van der Waals surface area contributed by atoms with Gasteiger partial charge in [-0.1, -0.05) is 12.1 Å². The van der Waals surface area contributed by atoms with Gasteiger partial charge in [0.05, 0.1) is 32.0 Å². The zero-order valence-electron chi connectivity index (χ0n) is 13.6. The van der Waals surface area contributed by atoms with Gasteiger partial charge in [0.25, 0.3) is 0 Å². The Morgan fingerprint density at radius 2 is 1.76 bits per heavy atom. The van der Waals surface area contributed by atoms with Gasteiger partial charge in [-0.2, -0.15) is 13.2 Å². The van der Waals surface area contributed by atoms with E-state index in [1.165, 1.54) is 32.4 Å². The molecule has 2 N–H and O–H groups in total. The van der Waals surface area contributed by atoms with Crippen LogP contribution in [0.5, 0.6) is 11.5 Å². The van der Waals surface area contributed by atoms with E-state index in [-0.39, 0.29) is 12.2 Å². The third kappa shape index (κ3) is 4.79. The monoisotopic (exact) mass is 354 g/mol. The van der Waals surface area contributed by atoms with Gasteiger partial charge in [-0.25, -0.2) is 0 Å². The second-order valence-electron chi connectivity index (χ2n) is 5.01. The third-order valence-corrected chi connectivity index (χ3v) is 3.35. The molecule has 0 spiro atoms. The number of amides is 1. The minimum Gasteiger partial charge on any atom is -0.497 e. The molecule has 0 radical (unpaired) electrons. The Morgan fingerprint density at radius 3 is 2.40 bits per heavy atom. The molecule has 0 aliphatic rings. The standard InChI is InChI=1S/C17H17F3N2O3/c1-24-11-7-8-15(25-2)14(9-11)22-16(23)10-21-13-6-4-3-5-12(13)17(18,19)20/h3-9,21H,10H2,1-2H3,(H,22,23). The number of methoxy groups -OCH3 is 2. The summed E-state index contributed by atoms with van der Waals surface area (Å²) in [6.07, 6.45) is -4.50. The maximum atomic E-state index is 12.9. The Kier molecular flexibility index (Phi) is 5.74. The molecule has 0 fully saturated rings. The Labute approximate surface area is 142 Å². The minimum absolute atomic E-state index is 0.164. The van der Waals surface area contributed by atoms with Crippen molar-refractivity contribution in [3.63, 3.8) is 0 Å². The molecular weight excluding hydrogens is 337 g/mol. The highest BCUT2D eigenvalue weighted by molar-refractivity contribution is 5.95. The summed E-state index contributed by atoms with van der Waals surface area (Å²) in [7, 11) is 2.92. The second-order valence-corrected chi connectivity index (χ2v) is 5.01. The smallest absolute Gasteiger partial charge is 0.418 e. The zero-order valence-corrected chi connectivity index (χ0v) is 13.6. The van der Waals surface area contributed by atoms with Crippen LogP contribution in [0.25, 0.3) is 0 Å². The number of hydrogen-bond donors (Lipinski definition) is 2. The maximum Gasteiger partial charge on any atom is 0.418 e. The fraction of sp³-hybridized carbons (Fsp3) is 0.235. The summed E-state index contributed by atoms with van der Waals surface area (Å²) in [5.41, 5.74) is -0.637. The summed E-state index contributed by atoms with van der Waals surface area (Å²) in [5.74, 6) is 0.389. The zero-order chi connectivity index (χ0) is 18.4. The van der Waals surface area contributed by atoms with Crippen molar-refractivity contribution >= 4 is 17.3 Å². The molecule has 134 valence electrons. The van der Waals surface area contributed by atoms with Crippen LogP contribution in [-0.4, -0.2) is 26.7 Å². The summed E-state index contributed by atoms with van der Waals surface area (Å²) < 4.78 is 49.0. The molecule has 0 bridgehead atoms. The number of anilines is 2. The summed E-state index contributed by atoms with van der Waals surface area (Å²) in [6.45, 7) is -0.340. The number of nitrogens with one attached hydrogen (secondary N) is 2. The van der Waals surface area contributed by atoms with E-state index in [0.717, 1.165) is 6.07 Å². The van der Waals surface area contributed by atoms with Crippen LogP contribution in [0.4, 0.5) is 24.5 Å². The molecule has 2 aromatic carbocycles. The van der Waals surface area contributed by atoms with Crippen molar-refractivity contribution in [2.75, 3.05) is 31.4 Å². The number of halogens is 3. The normalized spacial score (nSPS) is 10.9. The van der Waals surface area contributed by atoms with E-state index in [0.29, 0.717) is 17.2 Å². The van der Waals surface area contributed by atoms with Crippen molar-refractivity contribution in [1.29, 1.82) is 0 Å². The lowest BCUT2D eigenvalue weighted by atomic mass is 10.1. The van der Waals surface area contributed by atoms with E-state index in [2.05, 4.69) is 10.6 Å². The van der Waals surface area contributed by atoms with Crippen LogP contribution >= 0.6 is 0 Å². The van der Waals surface area contributed by atoms with E-state index >= 15 is 0 Å². The summed E-state index contributed by atoms with van der Waals surface area (Å²) >= 11 is 0. The highest BCUT2D eigenvalue weighted by Crippen LogP contribution is 2.34. The molecule has 0 unspecified atom stereocenters.